The van der Waals surface area contributed by atoms with Gasteiger partial charge < -0.3 is 61.0 Å². The standard InChI is InChI=1S/C70H107N9O15/c1-15-45(8)63(56(92-13)40-60(85)78-37-23-27-53(78)65(93-14)46(9)66(87)73-47(10)64(86)49-24-18-16-19-25-49)76(11)68(89)52(42(2)3)39-55(81)62(44(6)7)77(12)70(91)94-41-48-29-31-51(32-30-48)74-67(88)50(26-22-35-72-69(71)90)38-54(80)61(43(4)5)75-57(82)28-20-17-21-36-79-58(83)33-34-59(79)84/h16,18-19,24-25,29-34,42-47,50,52-53,56,61-65,86H,15,17,20-23,26-28,35-41H2,1-14H3,(H,73,87)(H,74,88)(H,75,82)(H3,71,72,90)/t45-,46+,47+,50+,52-,53?,56+,61-,62-,63-,64+,65+/m0/s1. The van der Waals surface area contributed by atoms with E-state index in [0.29, 0.717) is 68.3 Å². The molecule has 2 heterocycles. The molecular formula is C70H107N9O15. The summed E-state index contributed by atoms with van der Waals surface area (Å²) in [5, 5.41) is 22.1. The van der Waals surface area contributed by atoms with E-state index in [4.69, 9.17) is 19.9 Å². The van der Waals surface area contributed by atoms with Crippen LogP contribution in [0, 0.1) is 41.4 Å². The van der Waals surface area contributed by atoms with Crippen LogP contribution in [0.1, 0.15) is 164 Å². The fourth-order valence-electron chi connectivity index (χ4n) is 12.7. The summed E-state index contributed by atoms with van der Waals surface area (Å²) in [7, 11) is 6.19. The van der Waals surface area contributed by atoms with Crippen molar-refractivity contribution in [3.8, 4) is 0 Å². The molecule has 1 unspecified atom stereocenters. The average molecular weight is 1310 g/mol. The minimum atomic E-state index is -0.970. The summed E-state index contributed by atoms with van der Waals surface area (Å²) in [6.45, 7) is 19.0. The molecule has 0 aromatic heterocycles. The van der Waals surface area contributed by atoms with Crippen LogP contribution in [-0.4, -0.2) is 180 Å². The van der Waals surface area contributed by atoms with E-state index >= 15 is 0 Å². The number of primary amides is 1. The smallest absolute Gasteiger partial charge is 0.410 e. The second kappa shape index (κ2) is 38.7. The maximum Gasteiger partial charge on any atom is 0.410 e. The van der Waals surface area contributed by atoms with Crippen LogP contribution in [0.15, 0.2) is 66.7 Å². The third-order valence-corrected chi connectivity index (χ3v) is 18.4. The molecule has 0 aliphatic carbocycles. The number of carbonyl (C=O) groups is 11. The zero-order valence-corrected chi connectivity index (χ0v) is 57.9. The Kier molecular flexibility index (Phi) is 32.5. The predicted molar refractivity (Wildman–Crippen MR) is 356 cm³/mol. The van der Waals surface area contributed by atoms with Crippen molar-refractivity contribution in [3.05, 3.63) is 77.9 Å². The van der Waals surface area contributed by atoms with Gasteiger partial charge in [0.1, 0.15) is 6.61 Å². The predicted octanol–water partition coefficient (Wildman–Crippen LogP) is 7.26. The Hall–Kier alpha value is -7.57. The summed E-state index contributed by atoms with van der Waals surface area (Å²) >= 11 is 0. The van der Waals surface area contributed by atoms with E-state index in [-0.39, 0.29) is 122 Å². The quantitative estimate of drug-likeness (QED) is 0.0282. The van der Waals surface area contributed by atoms with Gasteiger partial charge in [-0.1, -0.05) is 118 Å². The van der Waals surface area contributed by atoms with Gasteiger partial charge in [0.2, 0.25) is 29.5 Å². The van der Waals surface area contributed by atoms with Crippen LogP contribution >= 0.6 is 0 Å². The molecule has 0 spiro atoms. The number of nitrogens with two attached hydrogens (primary N) is 1. The highest BCUT2D eigenvalue weighted by molar-refractivity contribution is 6.12. The number of likely N-dealkylation sites (tertiary alicyclic amines) is 1. The molecule has 1 saturated heterocycles. The van der Waals surface area contributed by atoms with Crippen LogP contribution < -0.4 is 27.0 Å². The normalized spacial score (nSPS) is 17.5. The number of anilines is 1. The molecule has 0 bridgehead atoms. The lowest BCUT2D eigenvalue weighted by Gasteiger charge is -2.41. The van der Waals surface area contributed by atoms with Crippen molar-refractivity contribution in [2.75, 3.05) is 53.3 Å². The van der Waals surface area contributed by atoms with Crippen LogP contribution in [0.2, 0.25) is 0 Å². The van der Waals surface area contributed by atoms with E-state index in [2.05, 4.69) is 21.3 Å². The molecule has 12 atom stereocenters. The molecule has 2 aliphatic rings. The van der Waals surface area contributed by atoms with E-state index in [9.17, 15) is 57.8 Å². The number of benzene rings is 2. The highest BCUT2D eigenvalue weighted by atomic mass is 16.6. The fourth-order valence-corrected chi connectivity index (χ4v) is 12.7. The zero-order chi connectivity index (χ0) is 70.1. The summed E-state index contributed by atoms with van der Waals surface area (Å²) in [4.78, 5) is 153. The van der Waals surface area contributed by atoms with E-state index in [1.165, 1.54) is 38.3 Å². The van der Waals surface area contributed by atoms with Crippen molar-refractivity contribution in [2.45, 2.75) is 201 Å². The Balaban J connectivity index is 1.37. The molecule has 0 radical (unpaired) electrons. The molecular weight excluding hydrogens is 1210 g/mol. The van der Waals surface area contributed by atoms with Crippen LogP contribution in [0.3, 0.4) is 0 Å². The van der Waals surface area contributed by atoms with Crippen molar-refractivity contribution < 1.29 is 72.1 Å². The van der Waals surface area contributed by atoms with Gasteiger partial charge in [-0.3, -0.25) is 48.1 Å². The number of likely N-dealkylation sites (N-methyl/N-ethyl adjacent to an activating group) is 2. The number of carbonyl (C=O) groups excluding carboxylic acids is 11. The Bertz CT molecular complexity index is 2870. The van der Waals surface area contributed by atoms with Gasteiger partial charge in [0.15, 0.2) is 11.6 Å². The number of rotatable bonds is 40. The second-order valence-electron chi connectivity index (χ2n) is 26.4. The number of amides is 10. The molecule has 0 saturated carbocycles. The molecule has 24 nitrogen and oxygen atoms in total. The number of nitrogens with zero attached hydrogens (tertiary/aromatic N) is 4. The molecule has 2 aliphatic heterocycles. The molecule has 522 valence electrons. The summed E-state index contributed by atoms with van der Waals surface area (Å²) in [5.74, 6) is -6.57. The number of nitrogens with one attached hydrogen (secondary N) is 4. The molecule has 94 heavy (non-hydrogen) atoms. The highest BCUT2D eigenvalue weighted by Gasteiger charge is 2.44. The lowest BCUT2D eigenvalue weighted by atomic mass is 9.83. The van der Waals surface area contributed by atoms with Crippen LogP contribution in [0.25, 0.3) is 0 Å². The third-order valence-electron chi connectivity index (χ3n) is 18.4. The Morgan fingerprint density at radius 2 is 1.38 bits per heavy atom. The number of imide groups is 1. The van der Waals surface area contributed by atoms with Gasteiger partial charge in [-0.2, -0.15) is 0 Å². The minimum Gasteiger partial charge on any atom is -0.445 e. The van der Waals surface area contributed by atoms with Crippen molar-refractivity contribution in [1.29, 1.82) is 0 Å². The number of ether oxygens (including phenoxy) is 3. The van der Waals surface area contributed by atoms with Crippen molar-refractivity contribution in [1.82, 2.24) is 35.6 Å². The van der Waals surface area contributed by atoms with Gasteiger partial charge in [-0.15, -0.1) is 0 Å². The highest BCUT2D eigenvalue weighted by Crippen LogP contribution is 2.32. The average Bonchev–Trinajstić information content (AvgIpc) is 1.33. The lowest BCUT2D eigenvalue weighted by Crippen LogP contribution is -2.55. The summed E-state index contributed by atoms with van der Waals surface area (Å²) in [5.41, 5.74) is 6.87. The Morgan fingerprint density at radius 3 is 1.96 bits per heavy atom. The van der Waals surface area contributed by atoms with E-state index in [1.54, 1.807) is 80.9 Å². The van der Waals surface area contributed by atoms with Gasteiger partial charge in [0.05, 0.1) is 60.9 Å². The van der Waals surface area contributed by atoms with E-state index in [1.807, 2.05) is 59.7 Å². The summed E-state index contributed by atoms with van der Waals surface area (Å²) in [6, 6.07) is 11.4. The molecule has 24 heteroatoms. The number of aliphatic hydroxyl groups is 1. The Labute approximate surface area is 555 Å². The zero-order valence-electron chi connectivity index (χ0n) is 57.9. The van der Waals surface area contributed by atoms with Crippen LogP contribution in [0.5, 0.6) is 0 Å². The molecule has 1 fully saturated rings. The third kappa shape index (κ3) is 23.1. The fraction of sp³-hybridized carbons (Fsp3) is 0.643. The van der Waals surface area contributed by atoms with Crippen molar-refractivity contribution in [2.24, 2.45) is 47.2 Å². The first-order valence-corrected chi connectivity index (χ1v) is 33.3. The number of urea groups is 1. The number of hydrogen-bond donors (Lipinski definition) is 6. The van der Waals surface area contributed by atoms with Gasteiger partial charge >= 0.3 is 12.1 Å². The Morgan fingerprint density at radius 1 is 0.734 bits per heavy atom. The van der Waals surface area contributed by atoms with Gasteiger partial charge in [-0.25, -0.2) is 9.59 Å². The molecule has 4 rings (SSSR count). The van der Waals surface area contributed by atoms with E-state index < -0.39 is 84.3 Å². The number of hydrogen-bond acceptors (Lipinski definition) is 15. The maximum absolute atomic E-state index is 14.9. The number of aliphatic hydroxyl groups excluding tert-OH is 1. The molecule has 2 aromatic carbocycles. The first-order chi connectivity index (χ1) is 44.5. The SMILES string of the molecule is CC[C@H](C)[C@@H]([C@@H](CC(=O)N1CCCC1[C@H](OC)[C@@H](C)C(=O)N[C@H](C)[C@@H](O)c1ccccc1)OC)N(C)C(=O)[C@@H](CC(=O)[C@H](C(C)C)N(C)C(=O)OCc1ccc(NC(=O)[C@H](CCCNC(N)=O)CC(=O)[C@@H](NC(=O)CCCCCN2C(=O)C=CC2=O)C(C)C)cc1)C(C)C. The molecule has 2 aromatic rings. The minimum absolute atomic E-state index is 0.0697. The monoisotopic (exact) mass is 1310 g/mol. The van der Waals surface area contributed by atoms with Crippen molar-refractivity contribution >= 4 is 70.7 Å². The topological polar surface area (TPSA) is 323 Å². The lowest BCUT2D eigenvalue weighted by molar-refractivity contribution is -0.149. The first kappa shape index (κ1) is 78.9. The summed E-state index contributed by atoms with van der Waals surface area (Å²) < 4.78 is 17.8. The van der Waals surface area contributed by atoms with E-state index in [0.717, 1.165) is 4.90 Å². The summed E-state index contributed by atoms with van der Waals surface area (Å²) in [6.07, 6.45) is 2.98. The number of ketones is 2. The van der Waals surface area contributed by atoms with Crippen LogP contribution in [0.4, 0.5) is 15.3 Å². The number of Topliss-reactive ketones (excluding diaryl/α,β-unsaturated/α-hetero) is 2. The largest absolute Gasteiger partial charge is 0.445 e. The number of unbranched alkanes of at least 4 members (excludes halogenated alkanes) is 2. The van der Waals surface area contributed by atoms with Crippen LogP contribution in [-0.2, 0) is 64.0 Å². The van der Waals surface area contributed by atoms with Gasteiger partial charge in [0, 0.05) is 96.9 Å². The molecule has 10 amide bonds. The van der Waals surface area contributed by atoms with Crippen molar-refractivity contribution in [3.63, 3.8) is 0 Å². The maximum atomic E-state index is 14.9. The number of methoxy groups -OCH3 is 2. The van der Waals surface area contributed by atoms with Gasteiger partial charge in [-0.05, 0) is 92.4 Å². The second-order valence-corrected chi connectivity index (χ2v) is 26.4. The van der Waals surface area contributed by atoms with Gasteiger partial charge in [0.25, 0.3) is 11.8 Å². The molecule has 7 N–H and O–H groups in total. The first-order valence-electron chi connectivity index (χ1n) is 33.3.